The molecule has 0 amide bonds. The fraction of sp³-hybridized carbons (Fsp3) is 0.737. The minimum Gasteiger partial charge on any atom is -0.393 e. The standard InChI is InChI=1S/C19H29N5O2/c1-26-17-8-6-14(7-9-17)23-19-21-12-13(11-20)18(24-19)22-15-4-2-3-5-16(25)10-15/h12,14-17,25H,2-10H2,1H3,(H2,21,22,23,24). The molecule has 3 N–H and O–H groups in total. The Morgan fingerprint density at radius 3 is 2.62 bits per heavy atom. The van der Waals surface area contributed by atoms with Crippen molar-refractivity contribution in [3.05, 3.63) is 11.8 Å². The Hall–Kier alpha value is -1.91. The molecule has 0 spiro atoms. The average molecular weight is 359 g/mol. The average Bonchev–Trinajstić information content (AvgIpc) is 2.86. The van der Waals surface area contributed by atoms with E-state index in [4.69, 9.17) is 4.74 Å². The number of aromatic nitrogens is 2. The lowest BCUT2D eigenvalue weighted by Gasteiger charge is -2.28. The van der Waals surface area contributed by atoms with Crippen LogP contribution in [0.2, 0.25) is 0 Å². The molecule has 2 saturated carbocycles. The topological polar surface area (TPSA) is 103 Å². The summed E-state index contributed by atoms with van der Waals surface area (Å²) >= 11 is 0. The van der Waals surface area contributed by atoms with E-state index in [1.165, 1.54) is 0 Å². The first-order chi connectivity index (χ1) is 12.7. The van der Waals surface area contributed by atoms with Gasteiger partial charge in [0.1, 0.15) is 17.5 Å². The smallest absolute Gasteiger partial charge is 0.224 e. The first kappa shape index (κ1) is 18.9. The van der Waals surface area contributed by atoms with Gasteiger partial charge in [0.05, 0.1) is 18.4 Å². The van der Waals surface area contributed by atoms with Gasteiger partial charge in [-0.3, -0.25) is 0 Å². The van der Waals surface area contributed by atoms with Crippen LogP contribution in [0.25, 0.3) is 0 Å². The largest absolute Gasteiger partial charge is 0.393 e. The number of methoxy groups -OCH3 is 1. The van der Waals surface area contributed by atoms with Gasteiger partial charge in [-0.2, -0.15) is 10.2 Å². The van der Waals surface area contributed by atoms with Gasteiger partial charge in [-0.15, -0.1) is 0 Å². The van der Waals surface area contributed by atoms with Crippen LogP contribution in [0.3, 0.4) is 0 Å². The summed E-state index contributed by atoms with van der Waals surface area (Å²) in [6.07, 6.45) is 10.4. The normalized spacial score (nSPS) is 29.4. The molecule has 7 heteroatoms. The Morgan fingerprint density at radius 2 is 1.88 bits per heavy atom. The second-order valence-electron chi connectivity index (χ2n) is 7.44. The highest BCUT2D eigenvalue weighted by Crippen LogP contribution is 2.25. The van der Waals surface area contributed by atoms with Gasteiger partial charge in [0.15, 0.2) is 0 Å². The molecule has 0 bridgehead atoms. The van der Waals surface area contributed by atoms with Crippen LogP contribution < -0.4 is 10.6 Å². The van der Waals surface area contributed by atoms with Gasteiger partial charge in [-0.05, 0) is 44.9 Å². The zero-order valence-corrected chi connectivity index (χ0v) is 15.4. The maximum atomic E-state index is 10.0. The summed E-state index contributed by atoms with van der Waals surface area (Å²) in [4.78, 5) is 8.86. The van der Waals surface area contributed by atoms with Crippen molar-refractivity contribution in [3.8, 4) is 6.07 Å². The van der Waals surface area contributed by atoms with E-state index in [0.717, 1.165) is 51.4 Å². The molecule has 2 atom stereocenters. The molecule has 142 valence electrons. The molecule has 2 fully saturated rings. The van der Waals surface area contributed by atoms with Crippen LogP contribution in [0.4, 0.5) is 11.8 Å². The summed E-state index contributed by atoms with van der Waals surface area (Å²) in [6.45, 7) is 0. The highest BCUT2D eigenvalue weighted by Gasteiger charge is 2.23. The molecule has 1 heterocycles. The number of anilines is 2. The van der Waals surface area contributed by atoms with Crippen molar-refractivity contribution >= 4 is 11.8 Å². The number of nitriles is 1. The van der Waals surface area contributed by atoms with Gasteiger partial charge in [0, 0.05) is 19.2 Å². The SMILES string of the molecule is COC1CCC(Nc2ncc(C#N)c(NC3CCCCC(O)C3)n2)CC1. The molecular weight excluding hydrogens is 330 g/mol. The van der Waals surface area contributed by atoms with Crippen molar-refractivity contribution in [1.82, 2.24) is 9.97 Å². The van der Waals surface area contributed by atoms with Gasteiger partial charge in [0.25, 0.3) is 0 Å². The highest BCUT2D eigenvalue weighted by molar-refractivity contribution is 5.54. The van der Waals surface area contributed by atoms with E-state index >= 15 is 0 Å². The lowest BCUT2D eigenvalue weighted by Crippen LogP contribution is -2.30. The molecule has 3 rings (SSSR count). The fourth-order valence-electron chi connectivity index (χ4n) is 3.93. The van der Waals surface area contributed by atoms with Crippen molar-refractivity contribution in [2.45, 2.75) is 82.1 Å². The van der Waals surface area contributed by atoms with E-state index in [-0.39, 0.29) is 12.1 Å². The number of nitrogens with one attached hydrogen (secondary N) is 2. The molecule has 2 aliphatic carbocycles. The molecule has 0 aromatic carbocycles. The molecule has 1 aromatic heterocycles. The Morgan fingerprint density at radius 1 is 1.12 bits per heavy atom. The Balaban J connectivity index is 1.65. The third-order valence-electron chi connectivity index (χ3n) is 5.49. The zero-order chi connectivity index (χ0) is 18.4. The van der Waals surface area contributed by atoms with Gasteiger partial charge in [-0.1, -0.05) is 12.8 Å². The summed E-state index contributed by atoms with van der Waals surface area (Å²) in [6, 6.07) is 2.64. The van der Waals surface area contributed by atoms with E-state index in [2.05, 4.69) is 26.7 Å². The maximum absolute atomic E-state index is 10.0. The number of nitrogens with zero attached hydrogens (tertiary/aromatic N) is 3. The summed E-state index contributed by atoms with van der Waals surface area (Å²) in [7, 11) is 1.77. The number of aliphatic hydroxyl groups is 1. The van der Waals surface area contributed by atoms with Crippen LogP contribution in [-0.2, 0) is 4.74 Å². The van der Waals surface area contributed by atoms with Crippen molar-refractivity contribution in [2.24, 2.45) is 0 Å². The van der Waals surface area contributed by atoms with Crippen LogP contribution in [0.15, 0.2) is 6.20 Å². The predicted molar refractivity (Wildman–Crippen MR) is 99.9 cm³/mol. The second kappa shape index (κ2) is 9.15. The van der Waals surface area contributed by atoms with Gasteiger partial charge in [-0.25, -0.2) is 4.98 Å². The molecule has 0 aliphatic heterocycles. The van der Waals surface area contributed by atoms with Crippen LogP contribution in [0, 0.1) is 11.3 Å². The summed E-state index contributed by atoms with van der Waals surface area (Å²) in [5, 5.41) is 26.2. The number of hydrogen-bond donors (Lipinski definition) is 3. The Bertz CT molecular complexity index is 625. The van der Waals surface area contributed by atoms with E-state index in [1.807, 2.05) is 0 Å². The quantitative estimate of drug-likeness (QED) is 0.695. The minimum atomic E-state index is -0.282. The third-order valence-corrected chi connectivity index (χ3v) is 5.49. The van der Waals surface area contributed by atoms with Crippen molar-refractivity contribution in [1.29, 1.82) is 5.26 Å². The summed E-state index contributed by atoms with van der Waals surface area (Å²) < 4.78 is 5.42. The number of hydrogen-bond acceptors (Lipinski definition) is 7. The summed E-state index contributed by atoms with van der Waals surface area (Å²) in [5.41, 5.74) is 0.442. The van der Waals surface area contributed by atoms with Crippen LogP contribution in [0.5, 0.6) is 0 Å². The molecule has 1 aromatic rings. The van der Waals surface area contributed by atoms with E-state index < -0.39 is 0 Å². The van der Waals surface area contributed by atoms with Gasteiger partial charge in [0.2, 0.25) is 5.95 Å². The number of rotatable bonds is 5. The van der Waals surface area contributed by atoms with Crippen LogP contribution in [-0.4, -0.2) is 46.5 Å². The van der Waals surface area contributed by atoms with E-state index in [0.29, 0.717) is 35.9 Å². The Labute approximate surface area is 155 Å². The third kappa shape index (κ3) is 5.05. The fourth-order valence-corrected chi connectivity index (χ4v) is 3.93. The number of aliphatic hydroxyl groups excluding tert-OH is 1. The first-order valence-corrected chi connectivity index (χ1v) is 9.69. The minimum absolute atomic E-state index is 0.138. The van der Waals surface area contributed by atoms with Gasteiger partial charge >= 0.3 is 0 Å². The van der Waals surface area contributed by atoms with Crippen molar-refractivity contribution < 1.29 is 9.84 Å². The zero-order valence-electron chi connectivity index (χ0n) is 15.4. The lowest BCUT2D eigenvalue weighted by atomic mass is 9.93. The molecule has 26 heavy (non-hydrogen) atoms. The first-order valence-electron chi connectivity index (χ1n) is 9.69. The molecule has 2 unspecified atom stereocenters. The van der Waals surface area contributed by atoms with E-state index in [1.54, 1.807) is 13.3 Å². The highest BCUT2D eigenvalue weighted by atomic mass is 16.5. The molecule has 7 nitrogen and oxygen atoms in total. The molecular formula is C19H29N5O2. The Kier molecular flexibility index (Phi) is 6.64. The lowest BCUT2D eigenvalue weighted by molar-refractivity contribution is 0.0681. The van der Waals surface area contributed by atoms with Crippen molar-refractivity contribution in [2.75, 3.05) is 17.7 Å². The van der Waals surface area contributed by atoms with Crippen LogP contribution >= 0.6 is 0 Å². The van der Waals surface area contributed by atoms with E-state index in [9.17, 15) is 10.4 Å². The number of ether oxygens (including phenoxy) is 1. The van der Waals surface area contributed by atoms with Crippen LogP contribution in [0.1, 0.15) is 63.4 Å². The molecule has 2 aliphatic rings. The van der Waals surface area contributed by atoms with Crippen molar-refractivity contribution in [3.63, 3.8) is 0 Å². The predicted octanol–water partition coefficient (Wildman–Crippen LogP) is 2.82. The maximum Gasteiger partial charge on any atom is 0.224 e. The summed E-state index contributed by atoms with van der Waals surface area (Å²) in [5.74, 6) is 1.12. The second-order valence-corrected chi connectivity index (χ2v) is 7.44. The monoisotopic (exact) mass is 359 g/mol. The molecule has 0 saturated heterocycles. The van der Waals surface area contributed by atoms with Gasteiger partial charge < -0.3 is 20.5 Å². The molecule has 0 radical (unpaired) electrons.